The number of hydrogen-bond donors (Lipinski definition) is 1. The molecular formula is C28H26FN5O2. The molecule has 0 radical (unpaired) electrons. The number of fused-ring (bicyclic) bond motifs is 1. The highest BCUT2D eigenvalue weighted by molar-refractivity contribution is 5.95. The number of halogens is 1. The Morgan fingerprint density at radius 3 is 2.78 bits per heavy atom. The molecule has 7 nitrogen and oxygen atoms in total. The van der Waals surface area contributed by atoms with Crippen LogP contribution in [0.15, 0.2) is 73.2 Å². The van der Waals surface area contributed by atoms with Crippen LogP contribution in [-0.2, 0) is 26.1 Å². The number of amides is 2. The van der Waals surface area contributed by atoms with Crippen molar-refractivity contribution in [1.29, 1.82) is 0 Å². The number of rotatable bonds is 6. The highest BCUT2D eigenvalue weighted by Crippen LogP contribution is 2.25. The van der Waals surface area contributed by atoms with Gasteiger partial charge >= 0.3 is 0 Å². The maximum atomic E-state index is 14.0. The first kappa shape index (κ1) is 23.4. The molecule has 8 heteroatoms. The molecule has 0 spiro atoms. The van der Waals surface area contributed by atoms with E-state index in [9.17, 15) is 14.0 Å². The van der Waals surface area contributed by atoms with Crippen LogP contribution in [0.4, 0.5) is 4.39 Å². The Morgan fingerprint density at radius 2 is 1.97 bits per heavy atom. The van der Waals surface area contributed by atoms with E-state index in [1.807, 2.05) is 53.0 Å². The molecule has 0 fully saturated rings. The first-order chi connectivity index (χ1) is 17.5. The van der Waals surface area contributed by atoms with Crippen molar-refractivity contribution in [2.24, 2.45) is 0 Å². The molecule has 0 unspecified atom stereocenters. The predicted octanol–water partition coefficient (Wildman–Crippen LogP) is 3.90. The Bertz CT molecular complexity index is 1420. The van der Waals surface area contributed by atoms with E-state index < -0.39 is 11.7 Å². The van der Waals surface area contributed by atoms with Gasteiger partial charge in [-0.1, -0.05) is 24.3 Å². The van der Waals surface area contributed by atoms with Gasteiger partial charge < -0.3 is 10.2 Å². The lowest BCUT2D eigenvalue weighted by Gasteiger charge is -2.30. The SMILES string of the molecule is Cc1ncc2c(c1CNC(=O)c1ccccc1F)CCN(C(=O)c1cccc(Cn3cccn3)c1)C2. The van der Waals surface area contributed by atoms with Crippen molar-refractivity contribution >= 4 is 11.8 Å². The molecule has 1 N–H and O–H groups in total. The molecule has 0 saturated heterocycles. The maximum absolute atomic E-state index is 14.0. The third-order valence-corrected chi connectivity index (χ3v) is 6.50. The predicted molar refractivity (Wildman–Crippen MR) is 133 cm³/mol. The van der Waals surface area contributed by atoms with Gasteiger partial charge in [0.25, 0.3) is 11.8 Å². The van der Waals surface area contributed by atoms with Gasteiger partial charge in [0.15, 0.2) is 0 Å². The number of benzene rings is 2. The second kappa shape index (κ2) is 10.1. The highest BCUT2D eigenvalue weighted by atomic mass is 19.1. The van der Waals surface area contributed by atoms with Gasteiger partial charge in [0, 0.05) is 49.5 Å². The lowest BCUT2D eigenvalue weighted by Crippen LogP contribution is -2.37. The molecule has 36 heavy (non-hydrogen) atoms. The Morgan fingerprint density at radius 1 is 1.11 bits per heavy atom. The zero-order valence-electron chi connectivity index (χ0n) is 19.9. The zero-order valence-corrected chi connectivity index (χ0v) is 19.9. The van der Waals surface area contributed by atoms with Gasteiger partial charge in [-0.05, 0) is 65.9 Å². The average Bonchev–Trinajstić information content (AvgIpc) is 3.40. The van der Waals surface area contributed by atoms with Crippen LogP contribution in [0.2, 0.25) is 0 Å². The van der Waals surface area contributed by atoms with Gasteiger partial charge in [-0.3, -0.25) is 19.3 Å². The summed E-state index contributed by atoms with van der Waals surface area (Å²) in [7, 11) is 0. The van der Waals surface area contributed by atoms with Gasteiger partial charge in [-0.15, -0.1) is 0 Å². The topological polar surface area (TPSA) is 80.1 Å². The Balaban J connectivity index is 1.30. The summed E-state index contributed by atoms with van der Waals surface area (Å²) in [5.41, 5.74) is 5.45. The largest absolute Gasteiger partial charge is 0.348 e. The van der Waals surface area contributed by atoms with Crippen molar-refractivity contribution in [3.8, 4) is 0 Å². The highest BCUT2D eigenvalue weighted by Gasteiger charge is 2.25. The van der Waals surface area contributed by atoms with Crippen LogP contribution in [0, 0.1) is 12.7 Å². The number of nitrogens with zero attached hydrogens (tertiary/aromatic N) is 4. The van der Waals surface area contributed by atoms with Crippen molar-refractivity contribution in [2.45, 2.75) is 33.0 Å². The van der Waals surface area contributed by atoms with Crippen LogP contribution >= 0.6 is 0 Å². The molecule has 1 aliphatic heterocycles. The first-order valence-electron chi connectivity index (χ1n) is 11.8. The summed E-state index contributed by atoms with van der Waals surface area (Å²) >= 11 is 0. The van der Waals surface area contributed by atoms with E-state index in [1.54, 1.807) is 24.5 Å². The summed E-state index contributed by atoms with van der Waals surface area (Å²) in [6, 6.07) is 15.4. The first-order valence-corrected chi connectivity index (χ1v) is 11.8. The number of nitrogens with one attached hydrogen (secondary N) is 1. The fourth-order valence-electron chi connectivity index (χ4n) is 4.61. The summed E-state index contributed by atoms with van der Waals surface area (Å²) in [6.45, 7) is 3.75. The molecule has 0 atom stereocenters. The quantitative estimate of drug-likeness (QED) is 0.451. The number of aryl methyl sites for hydroxylation is 1. The zero-order chi connectivity index (χ0) is 25.1. The number of hydrogen-bond acceptors (Lipinski definition) is 4. The average molecular weight is 484 g/mol. The molecule has 182 valence electrons. The summed E-state index contributed by atoms with van der Waals surface area (Å²) in [4.78, 5) is 32.2. The maximum Gasteiger partial charge on any atom is 0.254 e. The van der Waals surface area contributed by atoms with E-state index in [0.29, 0.717) is 31.6 Å². The molecule has 2 amide bonds. The fraction of sp³-hybridized carbons (Fsp3) is 0.214. The van der Waals surface area contributed by atoms with Crippen molar-refractivity contribution in [3.05, 3.63) is 118 Å². The van der Waals surface area contributed by atoms with Gasteiger partial charge in [-0.25, -0.2) is 4.39 Å². The lowest BCUT2D eigenvalue weighted by molar-refractivity contribution is 0.0734. The number of carbonyl (C=O) groups excluding carboxylic acids is 2. The van der Waals surface area contributed by atoms with E-state index in [4.69, 9.17) is 0 Å². The molecule has 2 aromatic carbocycles. The molecule has 4 aromatic rings. The second-order valence-corrected chi connectivity index (χ2v) is 8.87. The minimum atomic E-state index is -0.553. The Hall–Kier alpha value is -4.33. The second-order valence-electron chi connectivity index (χ2n) is 8.87. The summed E-state index contributed by atoms with van der Waals surface area (Å²) in [5, 5.41) is 7.06. The Labute approximate surface area is 208 Å². The number of pyridine rings is 1. The van der Waals surface area contributed by atoms with E-state index in [-0.39, 0.29) is 18.0 Å². The third kappa shape index (κ3) is 4.88. The van der Waals surface area contributed by atoms with E-state index in [1.165, 1.54) is 12.1 Å². The fourth-order valence-corrected chi connectivity index (χ4v) is 4.61. The molecule has 0 saturated carbocycles. The summed E-state index contributed by atoms with van der Waals surface area (Å²) in [6.07, 6.45) is 6.08. The normalized spacial score (nSPS) is 12.8. The van der Waals surface area contributed by atoms with Crippen LogP contribution in [0.25, 0.3) is 0 Å². The smallest absolute Gasteiger partial charge is 0.254 e. The van der Waals surface area contributed by atoms with E-state index >= 15 is 0 Å². The molecule has 1 aliphatic rings. The lowest BCUT2D eigenvalue weighted by atomic mass is 9.94. The van der Waals surface area contributed by atoms with Crippen molar-refractivity contribution in [3.63, 3.8) is 0 Å². The monoisotopic (exact) mass is 483 g/mol. The number of aromatic nitrogens is 3. The van der Waals surface area contributed by atoms with Crippen LogP contribution in [0.5, 0.6) is 0 Å². The summed E-state index contributed by atoms with van der Waals surface area (Å²) < 4.78 is 15.8. The molecule has 0 bridgehead atoms. The van der Waals surface area contributed by atoms with Crippen LogP contribution in [0.3, 0.4) is 0 Å². The van der Waals surface area contributed by atoms with Gasteiger partial charge in [0.2, 0.25) is 0 Å². The van der Waals surface area contributed by atoms with Gasteiger partial charge in [0.05, 0.1) is 12.1 Å². The van der Waals surface area contributed by atoms with E-state index in [2.05, 4.69) is 15.4 Å². The van der Waals surface area contributed by atoms with Crippen molar-refractivity contribution < 1.29 is 14.0 Å². The van der Waals surface area contributed by atoms with Crippen molar-refractivity contribution in [2.75, 3.05) is 6.54 Å². The Kier molecular flexibility index (Phi) is 6.58. The number of carbonyl (C=O) groups is 2. The van der Waals surface area contributed by atoms with E-state index in [0.717, 1.165) is 27.9 Å². The molecule has 5 rings (SSSR count). The molecular weight excluding hydrogens is 457 g/mol. The third-order valence-electron chi connectivity index (χ3n) is 6.50. The standard InChI is InChI=1S/C28H26FN5O2/c1-19-25(16-31-27(35)24-8-2-3-9-26(24)29)23-10-13-33(18-22(23)15-30-19)28(36)21-7-4-6-20(14-21)17-34-12-5-11-32-34/h2-9,11-12,14-15H,10,13,16-18H2,1H3,(H,31,35). The minimum Gasteiger partial charge on any atom is -0.348 e. The van der Waals surface area contributed by atoms with Crippen LogP contribution in [-0.4, -0.2) is 38.0 Å². The summed E-state index contributed by atoms with van der Waals surface area (Å²) in [5.74, 6) is -1.05. The van der Waals surface area contributed by atoms with Gasteiger partial charge in [0.1, 0.15) is 5.82 Å². The molecule has 2 aromatic heterocycles. The van der Waals surface area contributed by atoms with Crippen LogP contribution < -0.4 is 5.32 Å². The van der Waals surface area contributed by atoms with Crippen LogP contribution in [0.1, 0.15) is 48.7 Å². The van der Waals surface area contributed by atoms with Crippen molar-refractivity contribution in [1.82, 2.24) is 25.0 Å². The van der Waals surface area contributed by atoms with Gasteiger partial charge in [-0.2, -0.15) is 5.10 Å². The molecule has 3 heterocycles. The minimum absolute atomic E-state index is 0.0134. The molecule has 0 aliphatic carbocycles.